The van der Waals surface area contributed by atoms with Crippen molar-refractivity contribution in [3.63, 3.8) is 0 Å². The molecule has 0 unspecified atom stereocenters. The maximum absolute atomic E-state index is 13.4. The summed E-state index contributed by atoms with van der Waals surface area (Å²) >= 11 is 5.86. The molecule has 2 aromatic carbocycles. The van der Waals surface area contributed by atoms with Crippen LogP contribution >= 0.6 is 11.6 Å². The van der Waals surface area contributed by atoms with Crippen LogP contribution in [0.2, 0.25) is 5.02 Å². The molecule has 1 atom stereocenters. The summed E-state index contributed by atoms with van der Waals surface area (Å²) in [5.41, 5.74) is 1.36. The number of ketones is 1. The minimum atomic E-state index is -0.634. The number of aryl methyl sites for hydroxylation is 1. The van der Waals surface area contributed by atoms with Crippen LogP contribution in [0.15, 0.2) is 81.4 Å². The number of halogens is 1. The number of hydrogen-bond acceptors (Lipinski definition) is 6. The molecule has 2 heterocycles. The van der Waals surface area contributed by atoms with E-state index in [4.69, 9.17) is 16.3 Å². The second-order valence-electron chi connectivity index (χ2n) is 8.75. The molecule has 2 aromatic heterocycles. The van der Waals surface area contributed by atoms with Crippen LogP contribution in [-0.4, -0.2) is 24.9 Å². The molecule has 0 spiro atoms. The van der Waals surface area contributed by atoms with Crippen LogP contribution in [-0.2, 0) is 17.9 Å². The number of H-pyrrole nitrogens is 1. The molecule has 4 rings (SSSR count). The van der Waals surface area contributed by atoms with Crippen LogP contribution < -0.4 is 21.7 Å². The number of benzene rings is 2. The van der Waals surface area contributed by atoms with Crippen LogP contribution in [0.25, 0.3) is 0 Å². The van der Waals surface area contributed by atoms with E-state index in [0.29, 0.717) is 22.3 Å². The summed E-state index contributed by atoms with van der Waals surface area (Å²) in [4.78, 5) is 49.3. The number of rotatable bonds is 8. The van der Waals surface area contributed by atoms with Gasteiger partial charge in [0.2, 0.25) is 11.5 Å². The Kier molecular flexibility index (Phi) is 7.83. The number of aromatic amines is 1. The average Bonchev–Trinajstić information content (AvgIpc) is 2.87. The zero-order valence-corrected chi connectivity index (χ0v) is 21.4. The van der Waals surface area contributed by atoms with Gasteiger partial charge in [0.1, 0.15) is 11.5 Å². The molecule has 0 radical (unpaired) electrons. The summed E-state index contributed by atoms with van der Waals surface area (Å²) in [7, 11) is 0. The molecule has 0 bridgehead atoms. The van der Waals surface area contributed by atoms with Gasteiger partial charge in [-0.2, -0.15) is 0 Å². The molecule has 0 aliphatic heterocycles. The lowest BCUT2D eigenvalue weighted by Gasteiger charge is -2.13. The first-order valence-electron chi connectivity index (χ1n) is 11.6. The first-order chi connectivity index (χ1) is 17.7. The maximum atomic E-state index is 13.4. The Morgan fingerprint density at radius 2 is 1.76 bits per heavy atom. The predicted octanol–water partition coefficient (Wildman–Crippen LogP) is 3.99. The minimum absolute atomic E-state index is 0.0253. The zero-order chi connectivity index (χ0) is 26.5. The number of carbonyl (C=O) groups is 1. The molecule has 190 valence electrons. The van der Waals surface area contributed by atoms with Crippen molar-refractivity contribution >= 4 is 23.1 Å². The average molecular weight is 520 g/mol. The molecule has 0 aliphatic carbocycles. The molecule has 0 amide bonds. The number of ether oxygens (including phenoxy) is 1. The third-order valence-corrected chi connectivity index (χ3v) is 6.01. The summed E-state index contributed by atoms with van der Waals surface area (Å²) in [6.07, 6.45) is 1.49. The van der Waals surface area contributed by atoms with E-state index in [2.05, 4.69) is 15.0 Å². The molecule has 37 heavy (non-hydrogen) atoms. The van der Waals surface area contributed by atoms with E-state index in [1.807, 2.05) is 31.2 Å². The SMILES string of the molecule is CC(=O)[C@@H](C)Cn1c(=O)[nH]/c(=N\c2ccc(Oc3ccc(Cl)cn3)cc2)n(Cc2ccc(C)cc2)c1=O. The lowest BCUT2D eigenvalue weighted by atomic mass is 10.1. The van der Waals surface area contributed by atoms with Crippen molar-refractivity contribution in [2.45, 2.75) is 33.9 Å². The van der Waals surface area contributed by atoms with Crippen molar-refractivity contribution in [2.75, 3.05) is 0 Å². The highest BCUT2D eigenvalue weighted by atomic mass is 35.5. The van der Waals surface area contributed by atoms with Crippen molar-refractivity contribution < 1.29 is 9.53 Å². The number of carbonyl (C=O) groups excluding carboxylic acids is 1. The molecule has 1 N–H and O–H groups in total. The summed E-state index contributed by atoms with van der Waals surface area (Å²) in [6, 6.07) is 17.8. The van der Waals surface area contributed by atoms with Crippen molar-refractivity contribution in [3.05, 3.63) is 110 Å². The number of nitrogens with one attached hydrogen (secondary N) is 1. The van der Waals surface area contributed by atoms with Crippen molar-refractivity contribution in [1.29, 1.82) is 0 Å². The fourth-order valence-electron chi connectivity index (χ4n) is 3.48. The van der Waals surface area contributed by atoms with Gasteiger partial charge in [-0.1, -0.05) is 48.4 Å². The zero-order valence-electron chi connectivity index (χ0n) is 20.6. The Bertz CT molecular complexity index is 1590. The Morgan fingerprint density at radius 1 is 1.05 bits per heavy atom. The second-order valence-corrected chi connectivity index (χ2v) is 9.19. The summed E-state index contributed by atoms with van der Waals surface area (Å²) < 4.78 is 8.13. The van der Waals surface area contributed by atoms with E-state index in [1.165, 1.54) is 17.7 Å². The van der Waals surface area contributed by atoms with Gasteiger partial charge in [-0.3, -0.25) is 14.3 Å². The van der Waals surface area contributed by atoms with Crippen molar-refractivity contribution in [1.82, 2.24) is 19.1 Å². The van der Waals surface area contributed by atoms with Gasteiger partial charge in [0, 0.05) is 24.7 Å². The highest BCUT2D eigenvalue weighted by Crippen LogP contribution is 2.23. The number of aromatic nitrogens is 4. The number of pyridine rings is 1. The molecule has 0 saturated carbocycles. The van der Waals surface area contributed by atoms with Crippen LogP contribution in [0, 0.1) is 12.8 Å². The fraction of sp³-hybridized carbons (Fsp3) is 0.222. The van der Waals surface area contributed by atoms with E-state index in [1.54, 1.807) is 43.3 Å². The highest BCUT2D eigenvalue weighted by Gasteiger charge is 2.15. The third kappa shape index (κ3) is 6.50. The third-order valence-electron chi connectivity index (χ3n) is 5.79. The fourth-order valence-corrected chi connectivity index (χ4v) is 3.59. The smallest absolute Gasteiger partial charge is 0.335 e. The van der Waals surface area contributed by atoms with E-state index in [0.717, 1.165) is 15.7 Å². The summed E-state index contributed by atoms with van der Waals surface area (Å²) in [5.74, 6) is 0.319. The summed E-state index contributed by atoms with van der Waals surface area (Å²) in [5, 5.41) is 0.507. The van der Waals surface area contributed by atoms with Gasteiger partial charge < -0.3 is 4.74 Å². The minimum Gasteiger partial charge on any atom is -0.439 e. The first-order valence-corrected chi connectivity index (χ1v) is 12.0. The second kappa shape index (κ2) is 11.2. The number of Topliss-reactive ketones (excluding diaryl/α,β-unsaturated/α-hetero) is 1. The van der Waals surface area contributed by atoms with Crippen molar-refractivity contribution in [2.24, 2.45) is 10.9 Å². The van der Waals surface area contributed by atoms with Gasteiger partial charge in [0.05, 0.1) is 17.3 Å². The number of nitrogens with zero attached hydrogens (tertiary/aromatic N) is 4. The highest BCUT2D eigenvalue weighted by molar-refractivity contribution is 6.30. The Morgan fingerprint density at radius 3 is 2.38 bits per heavy atom. The molecule has 0 saturated heterocycles. The molecule has 0 fully saturated rings. The normalized spacial score (nSPS) is 12.4. The number of hydrogen-bond donors (Lipinski definition) is 1. The largest absolute Gasteiger partial charge is 0.439 e. The summed E-state index contributed by atoms with van der Waals surface area (Å²) in [6.45, 7) is 5.25. The standard InChI is InChI=1S/C27H26ClN5O4/c1-17-4-6-20(7-5-17)16-32-25(31-26(35)33(27(32)36)15-18(2)19(3)34)30-22-9-11-23(12-10-22)37-24-13-8-21(28)14-29-24/h4-14,18H,15-16H2,1-3H3,(H,30,31,35)/t18-/m0/s1. The topological polar surface area (TPSA) is 111 Å². The van der Waals surface area contributed by atoms with Gasteiger partial charge in [-0.05, 0) is 49.7 Å². The van der Waals surface area contributed by atoms with Gasteiger partial charge in [-0.25, -0.2) is 24.1 Å². The lowest BCUT2D eigenvalue weighted by molar-refractivity contribution is -0.120. The van der Waals surface area contributed by atoms with Gasteiger partial charge in [-0.15, -0.1) is 0 Å². The molecule has 9 nitrogen and oxygen atoms in total. The Hall–Kier alpha value is -4.24. The molecule has 0 aliphatic rings. The quantitative estimate of drug-likeness (QED) is 0.378. The Labute approximate surface area is 217 Å². The van der Waals surface area contributed by atoms with Crippen molar-refractivity contribution in [3.8, 4) is 11.6 Å². The predicted molar refractivity (Wildman–Crippen MR) is 140 cm³/mol. The van der Waals surface area contributed by atoms with E-state index in [9.17, 15) is 14.4 Å². The monoisotopic (exact) mass is 519 g/mol. The molecule has 4 aromatic rings. The Balaban J connectivity index is 1.73. The lowest BCUT2D eigenvalue weighted by Crippen LogP contribution is -2.51. The first kappa shape index (κ1) is 25.8. The van der Waals surface area contributed by atoms with Crippen LogP contribution in [0.1, 0.15) is 25.0 Å². The van der Waals surface area contributed by atoms with Crippen LogP contribution in [0.4, 0.5) is 5.69 Å². The van der Waals surface area contributed by atoms with Crippen LogP contribution in [0.3, 0.4) is 0 Å². The van der Waals surface area contributed by atoms with E-state index < -0.39 is 17.3 Å². The van der Waals surface area contributed by atoms with Crippen LogP contribution in [0.5, 0.6) is 11.6 Å². The molecular weight excluding hydrogens is 494 g/mol. The van der Waals surface area contributed by atoms with E-state index >= 15 is 0 Å². The van der Waals surface area contributed by atoms with Gasteiger partial charge >= 0.3 is 11.4 Å². The maximum Gasteiger partial charge on any atom is 0.335 e. The van der Waals surface area contributed by atoms with Gasteiger partial charge in [0.15, 0.2) is 0 Å². The molecular formula is C27H26ClN5O4. The van der Waals surface area contributed by atoms with Gasteiger partial charge in [0.25, 0.3) is 0 Å². The molecule has 10 heteroatoms. The van der Waals surface area contributed by atoms with E-state index in [-0.39, 0.29) is 24.5 Å².